The van der Waals surface area contributed by atoms with Crippen molar-refractivity contribution < 1.29 is 9.59 Å². The van der Waals surface area contributed by atoms with Gasteiger partial charge < -0.3 is 10.2 Å². The van der Waals surface area contributed by atoms with E-state index < -0.39 is 0 Å². The van der Waals surface area contributed by atoms with E-state index in [9.17, 15) is 9.59 Å². The summed E-state index contributed by atoms with van der Waals surface area (Å²) in [6.07, 6.45) is 2.25. The van der Waals surface area contributed by atoms with Gasteiger partial charge in [-0.1, -0.05) is 30.3 Å². The van der Waals surface area contributed by atoms with Crippen LogP contribution in [0.5, 0.6) is 0 Å². The molecule has 6 heteroatoms. The highest BCUT2D eigenvalue weighted by atomic mass is 32.2. The number of carbonyl (C=O) groups excluding carboxylic acids is 2. The molecule has 0 bridgehead atoms. The fourth-order valence-corrected chi connectivity index (χ4v) is 5.15. The zero-order chi connectivity index (χ0) is 20.9. The molecule has 1 N–H and O–H groups in total. The highest BCUT2D eigenvalue weighted by Gasteiger charge is 2.30. The molecule has 1 unspecified atom stereocenters. The summed E-state index contributed by atoms with van der Waals surface area (Å²) in [5.41, 5.74) is 3.39. The third kappa shape index (κ3) is 4.71. The van der Waals surface area contributed by atoms with E-state index in [1.165, 1.54) is 0 Å². The molecule has 2 aromatic rings. The molecule has 4 rings (SSSR count). The minimum absolute atomic E-state index is 0.0154. The van der Waals surface area contributed by atoms with Crippen molar-refractivity contribution in [3.63, 3.8) is 0 Å². The van der Waals surface area contributed by atoms with Crippen LogP contribution in [0, 0.1) is 6.92 Å². The summed E-state index contributed by atoms with van der Waals surface area (Å²) in [5.74, 6) is 2.06. The molecule has 1 atom stereocenters. The van der Waals surface area contributed by atoms with Crippen LogP contribution >= 0.6 is 11.8 Å². The lowest BCUT2D eigenvalue weighted by molar-refractivity contribution is -0.121. The molecule has 5 nitrogen and oxygen atoms in total. The Kier molecular flexibility index (Phi) is 6.75. The number of thioether (sulfide) groups is 1. The summed E-state index contributed by atoms with van der Waals surface area (Å²) in [4.78, 5) is 30.2. The highest BCUT2D eigenvalue weighted by molar-refractivity contribution is 7.99. The van der Waals surface area contributed by atoms with Gasteiger partial charge in [0.2, 0.25) is 5.91 Å². The number of rotatable bonds is 5. The molecule has 2 saturated heterocycles. The van der Waals surface area contributed by atoms with E-state index in [0.29, 0.717) is 5.56 Å². The lowest BCUT2D eigenvalue weighted by atomic mass is 10.0. The Balaban J connectivity index is 1.50. The van der Waals surface area contributed by atoms with E-state index in [-0.39, 0.29) is 17.9 Å². The van der Waals surface area contributed by atoms with Gasteiger partial charge in [-0.25, -0.2) is 0 Å². The first-order valence-electron chi connectivity index (χ1n) is 10.7. The van der Waals surface area contributed by atoms with Gasteiger partial charge in [0.25, 0.3) is 5.91 Å². The van der Waals surface area contributed by atoms with Crippen LogP contribution in [0.4, 0.5) is 5.69 Å². The number of hydrogen-bond donors (Lipinski definition) is 1. The van der Waals surface area contributed by atoms with Gasteiger partial charge in [-0.15, -0.1) is 0 Å². The molecular formula is C24H29N3O2S. The van der Waals surface area contributed by atoms with Gasteiger partial charge in [0.15, 0.2) is 0 Å². The summed E-state index contributed by atoms with van der Waals surface area (Å²) in [6.45, 7) is 5.43. The second-order valence-corrected chi connectivity index (χ2v) is 9.20. The van der Waals surface area contributed by atoms with Crippen LogP contribution < -0.4 is 5.32 Å². The minimum Gasteiger partial charge on any atom is -0.337 e. The van der Waals surface area contributed by atoms with Crippen LogP contribution in [-0.2, 0) is 4.79 Å². The zero-order valence-corrected chi connectivity index (χ0v) is 18.3. The van der Waals surface area contributed by atoms with Gasteiger partial charge in [0.1, 0.15) is 6.04 Å². The highest BCUT2D eigenvalue weighted by Crippen LogP contribution is 2.28. The van der Waals surface area contributed by atoms with E-state index in [1.807, 2.05) is 72.1 Å². The summed E-state index contributed by atoms with van der Waals surface area (Å²) < 4.78 is 0. The Morgan fingerprint density at radius 3 is 2.33 bits per heavy atom. The average molecular weight is 424 g/mol. The van der Waals surface area contributed by atoms with Crippen LogP contribution in [0.3, 0.4) is 0 Å². The first-order chi connectivity index (χ1) is 14.6. The number of carbonyl (C=O) groups is 2. The topological polar surface area (TPSA) is 52.7 Å². The van der Waals surface area contributed by atoms with Gasteiger partial charge in [-0.05, 0) is 62.2 Å². The third-order valence-corrected chi connectivity index (χ3v) is 6.84. The van der Waals surface area contributed by atoms with E-state index in [1.54, 1.807) is 0 Å². The van der Waals surface area contributed by atoms with Gasteiger partial charge in [-0.2, -0.15) is 11.8 Å². The number of hydrogen-bond acceptors (Lipinski definition) is 4. The first kappa shape index (κ1) is 20.9. The SMILES string of the molecule is Cc1cc(C(=O)N2CCSCC2)ccc1NC(=O)C(c1ccccc1)N1CCCC1. The molecule has 0 aliphatic carbocycles. The quantitative estimate of drug-likeness (QED) is 0.791. The van der Waals surface area contributed by atoms with Gasteiger partial charge in [0, 0.05) is 35.8 Å². The van der Waals surface area contributed by atoms with E-state index in [0.717, 1.165) is 67.3 Å². The number of nitrogens with one attached hydrogen (secondary N) is 1. The third-order valence-electron chi connectivity index (χ3n) is 5.90. The molecule has 0 spiro atoms. The maximum Gasteiger partial charge on any atom is 0.253 e. The van der Waals surface area contributed by atoms with Crippen LogP contribution in [0.15, 0.2) is 48.5 Å². The fraction of sp³-hybridized carbons (Fsp3) is 0.417. The van der Waals surface area contributed by atoms with E-state index >= 15 is 0 Å². The van der Waals surface area contributed by atoms with Crippen molar-refractivity contribution in [2.45, 2.75) is 25.8 Å². The van der Waals surface area contributed by atoms with Gasteiger partial charge in [0.05, 0.1) is 0 Å². The van der Waals surface area contributed by atoms with E-state index in [4.69, 9.17) is 0 Å². The number of anilines is 1. The van der Waals surface area contributed by atoms with E-state index in [2.05, 4.69) is 10.2 Å². The number of amides is 2. The molecule has 2 heterocycles. The zero-order valence-electron chi connectivity index (χ0n) is 17.5. The maximum absolute atomic E-state index is 13.3. The molecular weight excluding hydrogens is 394 g/mol. The largest absolute Gasteiger partial charge is 0.337 e. The molecule has 158 valence electrons. The predicted molar refractivity (Wildman–Crippen MR) is 123 cm³/mol. The van der Waals surface area contributed by atoms with Crippen molar-refractivity contribution in [2.75, 3.05) is 43.0 Å². The minimum atomic E-state index is -0.291. The van der Waals surface area contributed by atoms with Crippen molar-refractivity contribution in [3.8, 4) is 0 Å². The van der Waals surface area contributed by atoms with Crippen LogP contribution in [0.2, 0.25) is 0 Å². The Bertz CT molecular complexity index is 891. The van der Waals surface area contributed by atoms with Gasteiger partial charge in [-0.3, -0.25) is 14.5 Å². The number of likely N-dealkylation sites (tertiary alicyclic amines) is 1. The number of aryl methyl sites for hydroxylation is 1. The summed E-state index contributed by atoms with van der Waals surface area (Å²) in [7, 11) is 0. The Morgan fingerprint density at radius 1 is 0.967 bits per heavy atom. The molecule has 0 saturated carbocycles. The summed E-state index contributed by atoms with van der Waals surface area (Å²) >= 11 is 1.89. The van der Waals surface area contributed by atoms with Crippen LogP contribution in [0.25, 0.3) is 0 Å². The molecule has 0 radical (unpaired) electrons. The van der Waals surface area contributed by atoms with Gasteiger partial charge >= 0.3 is 0 Å². The summed E-state index contributed by atoms with van der Waals surface area (Å²) in [6, 6.07) is 15.3. The first-order valence-corrected chi connectivity index (χ1v) is 11.9. The molecule has 2 aromatic carbocycles. The normalized spacial score (nSPS) is 18.2. The second kappa shape index (κ2) is 9.67. The Morgan fingerprint density at radius 2 is 1.67 bits per heavy atom. The monoisotopic (exact) mass is 423 g/mol. The smallest absolute Gasteiger partial charge is 0.253 e. The lowest BCUT2D eigenvalue weighted by Crippen LogP contribution is -2.38. The molecule has 2 fully saturated rings. The van der Waals surface area contributed by atoms with Crippen molar-refractivity contribution in [1.29, 1.82) is 0 Å². The van der Waals surface area contributed by atoms with Crippen LogP contribution in [-0.4, -0.2) is 59.3 Å². The Labute approximate surface area is 182 Å². The standard InChI is InChI=1S/C24H29N3O2S/c1-18-17-20(24(29)27-13-15-30-16-14-27)9-10-21(18)25-23(28)22(26-11-5-6-12-26)19-7-3-2-4-8-19/h2-4,7-10,17,22H,5-6,11-16H2,1H3,(H,25,28). The molecule has 2 aliphatic rings. The van der Waals surface area contributed by atoms with Crippen molar-refractivity contribution in [3.05, 3.63) is 65.2 Å². The molecule has 2 amide bonds. The number of nitrogens with zero attached hydrogens (tertiary/aromatic N) is 2. The van der Waals surface area contributed by atoms with Crippen LogP contribution in [0.1, 0.15) is 40.4 Å². The second-order valence-electron chi connectivity index (χ2n) is 7.98. The van der Waals surface area contributed by atoms with Crippen molar-refractivity contribution in [2.24, 2.45) is 0 Å². The van der Waals surface area contributed by atoms with Crippen molar-refractivity contribution >= 4 is 29.3 Å². The average Bonchev–Trinajstić information content (AvgIpc) is 3.30. The molecule has 0 aromatic heterocycles. The maximum atomic E-state index is 13.3. The van der Waals surface area contributed by atoms with Crippen molar-refractivity contribution in [1.82, 2.24) is 9.80 Å². The summed E-state index contributed by atoms with van der Waals surface area (Å²) in [5, 5.41) is 3.12. The predicted octanol–water partition coefficient (Wildman–Crippen LogP) is 3.96. The molecule has 30 heavy (non-hydrogen) atoms. The fourth-order valence-electron chi connectivity index (χ4n) is 4.25. The molecule has 2 aliphatic heterocycles. The lowest BCUT2D eigenvalue weighted by Gasteiger charge is -2.28. The Hall–Kier alpha value is -2.31. The number of benzene rings is 2.